The minimum absolute atomic E-state index is 0.0209. The van der Waals surface area contributed by atoms with Crippen molar-refractivity contribution >= 4 is 92.1 Å². The Hall–Kier alpha value is -2.06. The number of thiocarbonyl (C=S) groups is 1. The van der Waals surface area contributed by atoms with Crippen molar-refractivity contribution < 1.29 is 24.2 Å². The summed E-state index contributed by atoms with van der Waals surface area (Å²) in [6, 6.07) is 10.6. The van der Waals surface area contributed by atoms with Gasteiger partial charge in [-0.2, -0.15) is 0 Å². The van der Waals surface area contributed by atoms with E-state index in [0.717, 1.165) is 5.56 Å². The van der Waals surface area contributed by atoms with Crippen LogP contribution in [0.15, 0.2) is 42.0 Å². The number of hydrogen-bond acceptors (Lipinski definition) is 5. The van der Waals surface area contributed by atoms with E-state index >= 15 is 0 Å². The van der Waals surface area contributed by atoms with Gasteiger partial charge in [0.2, 0.25) is 0 Å². The third-order valence-electron chi connectivity index (χ3n) is 4.07. The number of halogens is 2. The van der Waals surface area contributed by atoms with E-state index in [1.54, 1.807) is 24.3 Å². The van der Waals surface area contributed by atoms with Crippen LogP contribution in [0.25, 0.3) is 6.08 Å². The molecule has 0 saturated carbocycles. The molecule has 30 heavy (non-hydrogen) atoms. The van der Waals surface area contributed by atoms with Crippen molar-refractivity contribution in [3.63, 3.8) is 0 Å². The van der Waals surface area contributed by atoms with Gasteiger partial charge in [0.1, 0.15) is 11.3 Å². The molecule has 7 nitrogen and oxygen atoms in total. The van der Waals surface area contributed by atoms with Crippen LogP contribution in [-0.4, -0.2) is 34.6 Å². The Bertz CT molecular complexity index is 1080. The number of carbonyl (C=O) groups is 3. The van der Waals surface area contributed by atoms with E-state index in [1.807, 2.05) is 64.2 Å². The Morgan fingerprint density at radius 2 is 1.80 bits per heavy atom. The molecular formula is C20H14I2N2O5S. The second-order valence-electron chi connectivity index (χ2n) is 6.29. The molecule has 0 unspecified atom stereocenters. The molecule has 3 rings (SSSR count). The smallest absolute Gasteiger partial charge is 0.341 e. The van der Waals surface area contributed by atoms with Gasteiger partial charge in [-0.15, -0.1) is 0 Å². The number of aliphatic carboxylic acids is 1. The third kappa shape index (κ3) is 4.98. The summed E-state index contributed by atoms with van der Waals surface area (Å²) in [6.07, 6.45) is 1.48. The fourth-order valence-electron chi connectivity index (χ4n) is 2.69. The maximum absolute atomic E-state index is 13.1. The van der Waals surface area contributed by atoms with Crippen molar-refractivity contribution in [2.45, 2.75) is 6.92 Å². The van der Waals surface area contributed by atoms with Gasteiger partial charge in [-0.3, -0.25) is 19.8 Å². The van der Waals surface area contributed by atoms with Crippen LogP contribution < -0.4 is 15.0 Å². The maximum Gasteiger partial charge on any atom is 0.341 e. The van der Waals surface area contributed by atoms with Crippen LogP contribution >= 0.6 is 57.4 Å². The molecule has 2 aromatic carbocycles. The molecule has 0 aromatic heterocycles. The van der Waals surface area contributed by atoms with Gasteiger partial charge in [0.05, 0.1) is 12.8 Å². The number of amides is 2. The van der Waals surface area contributed by atoms with Gasteiger partial charge in [0, 0.05) is 0 Å². The number of anilines is 1. The highest BCUT2D eigenvalue weighted by Gasteiger charge is 2.34. The molecule has 2 aromatic rings. The zero-order valence-corrected chi connectivity index (χ0v) is 20.6. The lowest BCUT2D eigenvalue weighted by atomic mass is 10.1. The van der Waals surface area contributed by atoms with E-state index in [9.17, 15) is 14.4 Å². The molecule has 1 aliphatic rings. The molecule has 0 atom stereocenters. The summed E-state index contributed by atoms with van der Waals surface area (Å²) in [5, 5.41) is 11.4. The number of nitrogens with one attached hydrogen (secondary N) is 1. The molecule has 0 radical (unpaired) electrons. The summed E-state index contributed by atoms with van der Waals surface area (Å²) in [5.74, 6) is -1.75. The number of aryl methyl sites for hydroxylation is 1. The Kier molecular flexibility index (Phi) is 7.08. The Morgan fingerprint density at radius 1 is 1.20 bits per heavy atom. The second-order valence-corrected chi connectivity index (χ2v) is 9.00. The normalized spacial score (nSPS) is 15.4. The molecule has 2 amide bonds. The quantitative estimate of drug-likeness (QED) is 0.223. The molecule has 1 aliphatic heterocycles. The van der Waals surface area contributed by atoms with E-state index < -0.39 is 24.4 Å². The Balaban J connectivity index is 1.96. The number of nitrogens with zero attached hydrogens (tertiary/aromatic N) is 1. The standard InChI is InChI=1S/C20H14I2N2O5S/c1-10-2-4-12(5-3-10)24-19(28)13(18(27)23-20(24)30)6-11-7-14(21)17(15(22)8-11)29-9-16(25)26/h2-8H,9H2,1H3,(H,25,26)(H,23,27,30). The van der Waals surface area contributed by atoms with E-state index in [4.69, 9.17) is 22.1 Å². The monoisotopic (exact) mass is 648 g/mol. The van der Waals surface area contributed by atoms with E-state index in [1.165, 1.54) is 11.0 Å². The van der Waals surface area contributed by atoms with Gasteiger partial charge >= 0.3 is 5.97 Å². The average molecular weight is 648 g/mol. The van der Waals surface area contributed by atoms with E-state index in [-0.39, 0.29) is 10.7 Å². The summed E-state index contributed by atoms with van der Waals surface area (Å²) in [6.45, 7) is 1.47. The number of benzene rings is 2. The molecule has 2 N–H and O–H groups in total. The van der Waals surface area contributed by atoms with Gasteiger partial charge < -0.3 is 9.84 Å². The first-order chi connectivity index (χ1) is 14.2. The second kappa shape index (κ2) is 9.39. The van der Waals surface area contributed by atoms with Crippen LogP contribution in [0.3, 0.4) is 0 Å². The number of rotatable bonds is 5. The highest BCUT2D eigenvalue weighted by molar-refractivity contribution is 14.1. The molecule has 154 valence electrons. The number of carbonyl (C=O) groups excluding carboxylic acids is 2. The highest BCUT2D eigenvalue weighted by atomic mass is 127. The molecule has 0 spiro atoms. The van der Waals surface area contributed by atoms with Crippen molar-refractivity contribution in [1.29, 1.82) is 0 Å². The number of carboxylic acid groups (broad SMARTS) is 1. The molecular weight excluding hydrogens is 634 g/mol. The number of carboxylic acids is 1. The lowest BCUT2D eigenvalue weighted by molar-refractivity contribution is -0.139. The summed E-state index contributed by atoms with van der Waals surface area (Å²) < 4.78 is 6.62. The predicted molar refractivity (Wildman–Crippen MR) is 132 cm³/mol. The number of ether oxygens (including phenoxy) is 1. The molecule has 1 saturated heterocycles. The predicted octanol–water partition coefficient (Wildman–Crippen LogP) is 3.50. The summed E-state index contributed by atoms with van der Waals surface area (Å²) in [5.41, 5.74) is 2.13. The van der Waals surface area contributed by atoms with Crippen LogP contribution in [0.5, 0.6) is 5.75 Å². The minimum Gasteiger partial charge on any atom is -0.480 e. The lowest BCUT2D eigenvalue weighted by Gasteiger charge is -2.29. The van der Waals surface area contributed by atoms with E-state index in [2.05, 4.69) is 5.32 Å². The van der Waals surface area contributed by atoms with Crippen LogP contribution in [-0.2, 0) is 14.4 Å². The van der Waals surface area contributed by atoms with Gasteiger partial charge in [-0.1, -0.05) is 17.7 Å². The molecule has 0 bridgehead atoms. The molecule has 1 fully saturated rings. The van der Waals surface area contributed by atoms with Gasteiger partial charge in [-0.05, 0) is 100 Å². The van der Waals surface area contributed by atoms with Gasteiger partial charge in [0.15, 0.2) is 11.7 Å². The maximum atomic E-state index is 13.1. The third-order valence-corrected chi connectivity index (χ3v) is 5.95. The Labute approximate surface area is 204 Å². The SMILES string of the molecule is Cc1ccc(N2C(=O)C(=Cc3cc(I)c(OCC(=O)O)c(I)c3)C(=O)NC2=S)cc1. The zero-order valence-electron chi connectivity index (χ0n) is 15.4. The fraction of sp³-hybridized carbons (Fsp3) is 0.100. The van der Waals surface area contributed by atoms with Crippen molar-refractivity contribution in [3.8, 4) is 5.75 Å². The van der Waals surface area contributed by atoms with Crippen LogP contribution in [0.4, 0.5) is 5.69 Å². The Morgan fingerprint density at radius 3 is 2.37 bits per heavy atom. The largest absolute Gasteiger partial charge is 0.480 e. The molecule has 1 heterocycles. The van der Waals surface area contributed by atoms with Crippen molar-refractivity contribution in [2.24, 2.45) is 0 Å². The van der Waals surface area contributed by atoms with Crippen molar-refractivity contribution in [3.05, 3.63) is 60.2 Å². The molecule has 0 aliphatic carbocycles. The van der Waals surface area contributed by atoms with E-state index in [0.29, 0.717) is 24.1 Å². The number of hydrogen-bond donors (Lipinski definition) is 2. The summed E-state index contributed by atoms with van der Waals surface area (Å²) >= 11 is 9.23. The fourth-order valence-corrected chi connectivity index (χ4v) is 5.10. The van der Waals surface area contributed by atoms with Crippen molar-refractivity contribution in [2.75, 3.05) is 11.5 Å². The molecule has 10 heteroatoms. The van der Waals surface area contributed by atoms with Gasteiger partial charge in [-0.25, -0.2) is 4.79 Å². The highest BCUT2D eigenvalue weighted by Crippen LogP contribution is 2.30. The van der Waals surface area contributed by atoms with Gasteiger partial charge in [0.25, 0.3) is 11.8 Å². The average Bonchev–Trinajstić information content (AvgIpc) is 2.65. The minimum atomic E-state index is -1.08. The lowest BCUT2D eigenvalue weighted by Crippen LogP contribution is -2.54. The van der Waals surface area contributed by atoms with Crippen LogP contribution in [0.2, 0.25) is 0 Å². The van der Waals surface area contributed by atoms with Crippen molar-refractivity contribution in [1.82, 2.24) is 5.32 Å². The first-order valence-corrected chi connectivity index (χ1v) is 11.1. The topological polar surface area (TPSA) is 95.9 Å². The summed E-state index contributed by atoms with van der Waals surface area (Å²) in [7, 11) is 0. The van der Waals surface area contributed by atoms with Crippen LogP contribution in [0, 0.1) is 14.1 Å². The first-order valence-electron chi connectivity index (χ1n) is 8.49. The first kappa shape index (κ1) is 22.6. The van der Waals surface area contributed by atoms with Crippen LogP contribution in [0.1, 0.15) is 11.1 Å². The zero-order chi connectivity index (χ0) is 22.0. The summed E-state index contributed by atoms with van der Waals surface area (Å²) in [4.78, 5) is 37.6.